The second-order valence-corrected chi connectivity index (χ2v) is 8.38. The van der Waals surface area contributed by atoms with E-state index in [1.807, 2.05) is 46.1 Å². The average Bonchev–Trinajstić information content (AvgIpc) is 2.70. The molecule has 0 aliphatic carbocycles. The van der Waals surface area contributed by atoms with Crippen LogP contribution in [0.1, 0.15) is 34.7 Å². The van der Waals surface area contributed by atoms with Crippen LogP contribution in [0.25, 0.3) is 0 Å². The minimum atomic E-state index is -0.647. The zero-order chi connectivity index (χ0) is 21.8. The molecule has 0 unspecified atom stereocenters. The van der Waals surface area contributed by atoms with Crippen LogP contribution in [0.15, 0.2) is 36.4 Å². The highest BCUT2D eigenvalue weighted by molar-refractivity contribution is 6.39. The fourth-order valence-electron chi connectivity index (χ4n) is 4.01. The molecule has 0 spiro atoms. The molecule has 1 aliphatic heterocycles. The number of hydrogen-bond acceptors (Lipinski definition) is 4. The number of anilines is 2. The molecule has 0 saturated carbocycles. The van der Waals surface area contributed by atoms with Gasteiger partial charge in [0, 0.05) is 31.5 Å². The monoisotopic (exact) mass is 408 g/mol. The van der Waals surface area contributed by atoms with E-state index in [0.717, 1.165) is 36.1 Å². The Hall–Kier alpha value is -2.86. The molecule has 30 heavy (non-hydrogen) atoms. The summed E-state index contributed by atoms with van der Waals surface area (Å²) in [6.45, 7) is 5.34. The largest absolute Gasteiger partial charge is 0.374 e. The zero-order valence-electron chi connectivity index (χ0n) is 18.6. The highest BCUT2D eigenvalue weighted by Gasteiger charge is 2.21. The Morgan fingerprint density at radius 1 is 1.10 bits per heavy atom. The van der Waals surface area contributed by atoms with Crippen LogP contribution in [-0.2, 0) is 16.0 Å². The van der Waals surface area contributed by atoms with Crippen molar-refractivity contribution in [3.8, 4) is 0 Å². The predicted molar refractivity (Wildman–Crippen MR) is 122 cm³/mol. The van der Waals surface area contributed by atoms with Gasteiger partial charge in [-0.2, -0.15) is 0 Å². The van der Waals surface area contributed by atoms with Crippen molar-refractivity contribution in [2.45, 2.75) is 32.7 Å². The van der Waals surface area contributed by atoms with E-state index in [0.29, 0.717) is 12.2 Å². The number of carbonyl (C=O) groups is 2. The Kier molecular flexibility index (Phi) is 6.77. The van der Waals surface area contributed by atoms with E-state index in [1.165, 1.54) is 11.3 Å². The molecule has 1 aliphatic rings. The highest BCUT2D eigenvalue weighted by atomic mass is 16.2. The molecule has 2 N–H and O–H groups in total. The smallest absolute Gasteiger partial charge is 0.313 e. The van der Waals surface area contributed by atoms with Crippen LogP contribution in [0, 0.1) is 13.8 Å². The fourth-order valence-corrected chi connectivity index (χ4v) is 4.01. The van der Waals surface area contributed by atoms with E-state index in [1.54, 1.807) is 0 Å². The van der Waals surface area contributed by atoms with E-state index in [9.17, 15) is 9.59 Å². The first-order valence-corrected chi connectivity index (χ1v) is 10.4. The minimum absolute atomic E-state index is 0.0135. The molecule has 0 bridgehead atoms. The Morgan fingerprint density at radius 2 is 1.87 bits per heavy atom. The Balaban J connectivity index is 1.66. The number of carbonyl (C=O) groups excluding carboxylic acids is 2. The summed E-state index contributed by atoms with van der Waals surface area (Å²) in [5.74, 6) is -1.27. The maximum Gasteiger partial charge on any atom is 0.313 e. The van der Waals surface area contributed by atoms with Crippen LogP contribution in [0.3, 0.4) is 0 Å². The van der Waals surface area contributed by atoms with Gasteiger partial charge in [0.2, 0.25) is 0 Å². The third-order valence-corrected chi connectivity index (χ3v) is 5.75. The van der Waals surface area contributed by atoms with E-state index >= 15 is 0 Å². The van der Waals surface area contributed by atoms with Gasteiger partial charge in [-0.3, -0.25) is 9.59 Å². The van der Waals surface area contributed by atoms with Gasteiger partial charge in [-0.1, -0.05) is 29.8 Å². The van der Waals surface area contributed by atoms with Crippen molar-refractivity contribution in [3.63, 3.8) is 0 Å². The van der Waals surface area contributed by atoms with Gasteiger partial charge in [0.15, 0.2) is 0 Å². The van der Waals surface area contributed by atoms with Crippen molar-refractivity contribution < 1.29 is 9.59 Å². The lowest BCUT2D eigenvalue weighted by Gasteiger charge is -2.30. The van der Waals surface area contributed by atoms with Gasteiger partial charge in [0.25, 0.3) is 0 Å². The topological polar surface area (TPSA) is 64.7 Å². The average molecular weight is 409 g/mol. The molecular formula is C24H32N4O2. The van der Waals surface area contributed by atoms with Crippen molar-refractivity contribution >= 4 is 23.2 Å². The Morgan fingerprint density at radius 3 is 2.57 bits per heavy atom. The third-order valence-electron chi connectivity index (χ3n) is 5.75. The molecule has 0 fully saturated rings. The zero-order valence-corrected chi connectivity index (χ0v) is 18.6. The Bertz CT molecular complexity index is 939. The van der Waals surface area contributed by atoms with Gasteiger partial charge in [0.1, 0.15) is 0 Å². The van der Waals surface area contributed by atoms with Gasteiger partial charge in [0.05, 0.1) is 6.04 Å². The van der Waals surface area contributed by atoms with Gasteiger partial charge in [-0.25, -0.2) is 0 Å². The lowest BCUT2D eigenvalue weighted by molar-refractivity contribution is -0.136. The van der Waals surface area contributed by atoms with Gasteiger partial charge >= 0.3 is 11.8 Å². The number of likely N-dealkylation sites (N-methyl/N-ethyl adjacent to an activating group) is 1. The summed E-state index contributed by atoms with van der Waals surface area (Å²) >= 11 is 0. The second-order valence-electron chi connectivity index (χ2n) is 8.38. The van der Waals surface area contributed by atoms with Gasteiger partial charge in [-0.15, -0.1) is 0 Å². The van der Waals surface area contributed by atoms with Crippen molar-refractivity contribution in [2.75, 3.05) is 44.4 Å². The maximum absolute atomic E-state index is 12.4. The van der Waals surface area contributed by atoms with E-state index in [-0.39, 0.29) is 6.04 Å². The molecule has 6 heteroatoms. The summed E-state index contributed by atoms with van der Waals surface area (Å²) in [6.07, 6.45) is 2.22. The van der Waals surface area contributed by atoms with Crippen LogP contribution in [0.4, 0.5) is 11.4 Å². The van der Waals surface area contributed by atoms with Gasteiger partial charge in [-0.05, 0) is 69.6 Å². The SMILES string of the molecule is Cc1ccc(NC(=O)C(=O)NC[C@H](c2ccc3c(c2)CCCN3C)N(C)C)c(C)c1. The minimum Gasteiger partial charge on any atom is -0.374 e. The number of nitrogens with one attached hydrogen (secondary N) is 2. The number of nitrogens with zero attached hydrogens (tertiary/aromatic N) is 2. The second kappa shape index (κ2) is 9.30. The summed E-state index contributed by atoms with van der Waals surface area (Å²) in [7, 11) is 6.09. The molecule has 1 atom stereocenters. The molecule has 6 nitrogen and oxygen atoms in total. The first-order valence-electron chi connectivity index (χ1n) is 10.4. The molecule has 0 radical (unpaired) electrons. The molecule has 0 saturated heterocycles. The third kappa shape index (κ3) is 5.00. The summed E-state index contributed by atoms with van der Waals surface area (Å²) in [5, 5.41) is 5.50. The first-order chi connectivity index (χ1) is 14.3. The quantitative estimate of drug-likeness (QED) is 0.747. The number of benzene rings is 2. The van der Waals surface area contributed by atoms with Crippen molar-refractivity contribution in [1.29, 1.82) is 0 Å². The highest BCUT2D eigenvalue weighted by Crippen LogP contribution is 2.29. The fraction of sp³-hybridized carbons (Fsp3) is 0.417. The molecule has 3 rings (SSSR count). The summed E-state index contributed by atoms with van der Waals surface area (Å²) in [6, 6.07) is 12.2. The summed E-state index contributed by atoms with van der Waals surface area (Å²) in [4.78, 5) is 29.1. The number of aryl methyl sites for hydroxylation is 3. The van der Waals surface area contributed by atoms with Crippen LogP contribution >= 0.6 is 0 Å². The summed E-state index contributed by atoms with van der Waals surface area (Å²) < 4.78 is 0. The molecule has 160 valence electrons. The van der Waals surface area contributed by atoms with Crippen LogP contribution in [0.5, 0.6) is 0 Å². The maximum atomic E-state index is 12.4. The summed E-state index contributed by atoms with van der Waals surface area (Å²) in [5.41, 5.74) is 6.46. The molecule has 0 aromatic heterocycles. The number of rotatable bonds is 5. The lowest BCUT2D eigenvalue weighted by atomic mass is 9.96. The number of hydrogen-bond donors (Lipinski definition) is 2. The molecule has 1 heterocycles. The van der Waals surface area contributed by atoms with Crippen molar-refractivity contribution in [3.05, 3.63) is 58.7 Å². The van der Waals surface area contributed by atoms with E-state index in [4.69, 9.17) is 0 Å². The lowest BCUT2D eigenvalue weighted by Crippen LogP contribution is -2.40. The standard InChI is InChI=1S/C24H32N4O2/c1-16-8-10-20(17(2)13-16)26-24(30)23(29)25-15-22(27(3)4)19-9-11-21-18(14-19)7-6-12-28(21)5/h8-11,13-14,22H,6-7,12,15H2,1-5H3,(H,25,29)(H,26,30)/t22-/m1/s1. The number of amides is 2. The first kappa shape index (κ1) is 21.8. The van der Waals surface area contributed by atoms with Crippen LogP contribution in [-0.4, -0.2) is 50.9 Å². The van der Waals surface area contributed by atoms with Gasteiger partial charge < -0.3 is 20.4 Å². The van der Waals surface area contributed by atoms with Crippen molar-refractivity contribution in [1.82, 2.24) is 10.2 Å². The Labute approximate surface area is 179 Å². The van der Waals surface area contributed by atoms with Crippen LogP contribution < -0.4 is 15.5 Å². The normalized spacial score (nSPS) is 14.3. The van der Waals surface area contributed by atoms with E-state index < -0.39 is 11.8 Å². The predicted octanol–water partition coefficient (Wildman–Crippen LogP) is 3.04. The van der Waals surface area contributed by atoms with Crippen LogP contribution in [0.2, 0.25) is 0 Å². The molecular weight excluding hydrogens is 376 g/mol. The number of fused-ring (bicyclic) bond motifs is 1. The molecule has 2 amide bonds. The van der Waals surface area contributed by atoms with E-state index in [2.05, 4.69) is 45.7 Å². The molecule has 2 aromatic carbocycles. The van der Waals surface area contributed by atoms with Crippen molar-refractivity contribution in [2.24, 2.45) is 0 Å². The molecule has 2 aromatic rings.